The van der Waals surface area contributed by atoms with Crippen LogP contribution in [0.15, 0.2) is 23.6 Å². The summed E-state index contributed by atoms with van der Waals surface area (Å²) in [5.74, 6) is 0. The highest BCUT2D eigenvalue weighted by Crippen LogP contribution is 2.35. The second kappa shape index (κ2) is 5.04. The van der Waals surface area contributed by atoms with Crippen LogP contribution in [0.5, 0.6) is 0 Å². The Kier molecular flexibility index (Phi) is 3.39. The lowest BCUT2D eigenvalue weighted by Crippen LogP contribution is -2.27. The molecule has 0 spiro atoms. The second-order valence-corrected chi connectivity index (χ2v) is 6.12. The molecular formula is C15H19N3S. The summed E-state index contributed by atoms with van der Waals surface area (Å²) >= 11 is 1.74. The van der Waals surface area contributed by atoms with Crippen molar-refractivity contribution in [3.8, 4) is 0 Å². The van der Waals surface area contributed by atoms with Crippen molar-refractivity contribution in [2.24, 2.45) is 5.73 Å². The molecule has 0 amide bonds. The fraction of sp³-hybridized carbons (Fsp3) is 0.400. The molecule has 0 bridgehead atoms. The third kappa shape index (κ3) is 2.31. The predicted molar refractivity (Wildman–Crippen MR) is 79.1 cm³/mol. The van der Waals surface area contributed by atoms with Crippen LogP contribution in [0.3, 0.4) is 0 Å². The SMILES string of the molecule is Cc1csc(CN2Cc3c(C)cccc3C2CN)n1. The Morgan fingerprint density at radius 3 is 2.95 bits per heavy atom. The fourth-order valence-corrected chi connectivity index (χ4v) is 3.65. The van der Waals surface area contributed by atoms with Gasteiger partial charge in [0.2, 0.25) is 0 Å². The zero-order valence-electron chi connectivity index (χ0n) is 11.4. The van der Waals surface area contributed by atoms with Crippen LogP contribution in [-0.2, 0) is 13.1 Å². The summed E-state index contributed by atoms with van der Waals surface area (Å²) in [6.07, 6.45) is 0. The number of rotatable bonds is 3. The standard InChI is InChI=1S/C15H19N3S/c1-10-4-3-5-12-13(10)7-18(14(12)6-16)8-15-17-11(2)9-19-15/h3-5,9,14H,6-8,16H2,1-2H3. The van der Waals surface area contributed by atoms with E-state index >= 15 is 0 Å². The highest BCUT2D eigenvalue weighted by atomic mass is 32.1. The maximum Gasteiger partial charge on any atom is 0.107 e. The Hall–Kier alpha value is -1.23. The summed E-state index contributed by atoms with van der Waals surface area (Å²) in [6, 6.07) is 6.86. The maximum absolute atomic E-state index is 5.99. The van der Waals surface area contributed by atoms with E-state index in [-0.39, 0.29) is 0 Å². The topological polar surface area (TPSA) is 42.1 Å². The van der Waals surface area contributed by atoms with Crippen LogP contribution >= 0.6 is 11.3 Å². The molecule has 4 heteroatoms. The molecule has 2 N–H and O–H groups in total. The maximum atomic E-state index is 5.99. The van der Waals surface area contributed by atoms with Gasteiger partial charge in [0.15, 0.2) is 0 Å². The number of nitrogens with two attached hydrogens (primary N) is 1. The van der Waals surface area contributed by atoms with E-state index in [2.05, 4.69) is 40.4 Å². The van der Waals surface area contributed by atoms with Crippen molar-refractivity contribution in [1.82, 2.24) is 9.88 Å². The lowest BCUT2D eigenvalue weighted by atomic mass is 10.0. The van der Waals surface area contributed by atoms with E-state index in [4.69, 9.17) is 5.73 Å². The molecule has 3 nitrogen and oxygen atoms in total. The fourth-order valence-electron chi connectivity index (χ4n) is 2.85. The summed E-state index contributed by atoms with van der Waals surface area (Å²) in [5, 5.41) is 3.29. The molecule has 0 aliphatic carbocycles. The van der Waals surface area contributed by atoms with Crippen molar-refractivity contribution in [2.75, 3.05) is 6.54 Å². The molecule has 1 aromatic heterocycles. The van der Waals surface area contributed by atoms with Gasteiger partial charge in [-0.25, -0.2) is 4.98 Å². The van der Waals surface area contributed by atoms with Crippen molar-refractivity contribution in [2.45, 2.75) is 33.0 Å². The molecule has 100 valence electrons. The molecule has 0 fully saturated rings. The number of thiazole rings is 1. The van der Waals surface area contributed by atoms with Crippen molar-refractivity contribution in [1.29, 1.82) is 0 Å². The molecule has 1 aliphatic rings. The van der Waals surface area contributed by atoms with Crippen LogP contribution in [0.2, 0.25) is 0 Å². The number of aromatic nitrogens is 1. The molecule has 1 aliphatic heterocycles. The van der Waals surface area contributed by atoms with E-state index in [1.165, 1.54) is 21.7 Å². The molecule has 2 heterocycles. The number of fused-ring (bicyclic) bond motifs is 1. The molecule has 19 heavy (non-hydrogen) atoms. The number of hydrogen-bond acceptors (Lipinski definition) is 4. The first-order valence-electron chi connectivity index (χ1n) is 6.62. The van der Waals surface area contributed by atoms with E-state index in [1.807, 2.05) is 6.92 Å². The highest BCUT2D eigenvalue weighted by Gasteiger charge is 2.30. The van der Waals surface area contributed by atoms with Crippen LogP contribution in [0.25, 0.3) is 0 Å². The van der Waals surface area contributed by atoms with Gasteiger partial charge in [-0.2, -0.15) is 0 Å². The Labute approximate surface area is 118 Å². The van der Waals surface area contributed by atoms with Crippen LogP contribution in [0.4, 0.5) is 0 Å². The molecule has 3 rings (SSSR count). The van der Waals surface area contributed by atoms with Gasteiger partial charge in [0.25, 0.3) is 0 Å². The third-order valence-corrected chi connectivity index (χ3v) is 4.79. The largest absolute Gasteiger partial charge is 0.329 e. The second-order valence-electron chi connectivity index (χ2n) is 5.18. The van der Waals surface area contributed by atoms with E-state index in [9.17, 15) is 0 Å². The summed E-state index contributed by atoms with van der Waals surface area (Å²) < 4.78 is 0. The average molecular weight is 273 g/mol. The smallest absolute Gasteiger partial charge is 0.107 e. The van der Waals surface area contributed by atoms with Gasteiger partial charge in [0.05, 0.1) is 6.54 Å². The van der Waals surface area contributed by atoms with Crippen LogP contribution in [0.1, 0.15) is 33.4 Å². The van der Waals surface area contributed by atoms with Crippen molar-refractivity contribution < 1.29 is 0 Å². The molecule has 1 atom stereocenters. The minimum absolute atomic E-state index is 0.333. The predicted octanol–water partition coefficient (Wildman–Crippen LogP) is 2.78. The zero-order chi connectivity index (χ0) is 13.4. The Morgan fingerprint density at radius 2 is 2.26 bits per heavy atom. The van der Waals surface area contributed by atoms with Crippen molar-refractivity contribution in [3.63, 3.8) is 0 Å². The van der Waals surface area contributed by atoms with Crippen LogP contribution in [0, 0.1) is 13.8 Å². The van der Waals surface area contributed by atoms with Gasteiger partial charge in [-0.15, -0.1) is 11.3 Å². The molecule has 1 aromatic carbocycles. The van der Waals surface area contributed by atoms with Gasteiger partial charge in [-0.3, -0.25) is 4.90 Å². The average Bonchev–Trinajstić information content (AvgIpc) is 2.94. The van der Waals surface area contributed by atoms with Crippen molar-refractivity contribution >= 4 is 11.3 Å². The van der Waals surface area contributed by atoms with E-state index in [0.717, 1.165) is 18.8 Å². The highest BCUT2D eigenvalue weighted by molar-refractivity contribution is 7.09. The number of nitrogens with zero attached hydrogens (tertiary/aromatic N) is 2. The normalized spacial score (nSPS) is 18.8. The van der Waals surface area contributed by atoms with Crippen molar-refractivity contribution in [3.05, 3.63) is 51.0 Å². The van der Waals surface area contributed by atoms with Crippen LogP contribution < -0.4 is 5.73 Å². The van der Waals surface area contributed by atoms with Crippen LogP contribution in [-0.4, -0.2) is 16.4 Å². The molecule has 0 radical (unpaired) electrons. The number of hydrogen-bond donors (Lipinski definition) is 1. The first-order valence-corrected chi connectivity index (χ1v) is 7.50. The monoisotopic (exact) mass is 273 g/mol. The first kappa shape index (κ1) is 12.8. The molecule has 0 saturated heterocycles. The lowest BCUT2D eigenvalue weighted by molar-refractivity contribution is 0.210. The summed E-state index contributed by atoms with van der Waals surface area (Å²) in [4.78, 5) is 7.00. The Morgan fingerprint density at radius 1 is 1.42 bits per heavy atom. The Balaban J connectivity index is 1.87. The van der Waals surface area contributed by atoms with E-state index in [0.29, 0.717) is 12.6 Å². The van der Waals surface area contributed by atoms with Gasteiger partial charge in [0.1, 0.15) is 5.01 Å². The van der Waals surface area contributed by atoms with Gasteiger partial charge in [-0.1, -0.05) is 18.2 Å². The summed E-state index contributed by atoms with van der Waals surface area (Å²) in [6.45, 7) is 6.78. The minimum atomic E-state index is 0.333. The molecule has 0 saturated carbocycles. The van der Waals surface area contributed by atoms with Gasteiger partial charge in [-0.05, 0) is 30.5 Å². The summed E-state index contributed by atoms with van der Waals surface area (Å²) in [5.41, 5.74) is 11.3. The zero-order valence-corrected chi connectivity index (χ0v) is 12.2. The van der Waals surface area contributed by atoms with E-state index < -0.39 is 0 Å². The quantitative estimate of drug-likeness (QED) is 0.935. The van der Waals surface area contributed by atoms with Gasteiger partial charge >= 0.3 is 0 Å². The Bertz CT molecular complexity index is 591. The van der Waals surface area contributed by atoms with Gasteiger partial charge < -0.3 is 5.73 Å². The molecule has 1 unspecified atom stereocenters. The number of benzene rings is 1. The lowest BCUT2D eigenvalue weighted by Gasteiger charge is -2.22. The summed E-state index contributed by atoms with van der Waals surface area (Å²) in [7, 11) is 0. The van der Waals surface area contributed by atoms with E-state index in [1.54, 1.807) is 11.3 Å². The molecular weight excluding hydrogens is 254 g/mol. The number of aryl methyl sites for hydroxylation is 2. The molecule has 2 aromatic rings. The minimum Gasteiger partial charge on any atom is -0.329 e. The van der Waals surface area contributed by atoms with Gasteiger partial charge in [0, 0.05) is 30.2 Å². The first-order chi connectivity index (χ1) is 9.19. The third-order valence-electron chi connectivity index (χ3n) is 3.84.